The molecule has 0 fully saturated rings. The molecule has 1 aliphatic rings. The van der Waals surface area contributed by atoms with Crippen LogP contribution in [0.1, 0.15) is 24.0 Å². The van der Waals surface area contributed by atoms with Crippen LogP contribution in [-0.2, 0) is 13.1 Å². The first-order valence-electron chi connectivity index (χ1n) is 6.74. The highest BCUT2D eigenvalue weighted by molar-refractivity contribution is 5.48. The average Bonchev–Trinajstić information content (AvgIpc) is 2.35. The summed E-state index contributed by atoms with van der Waals surface area (Å²) in [6, 6.07) is 9.00. The minimum atomic E-state index is 0. The number of fused-ring (bicyclic) bond motifs is 3. The molecule has 0 radical (unpaired) electrons. The van der Waals surface area contributed by atoms with E-state index in [9.17, 15) is 0 Å². The number of hydrogen-bond acceptors (Lipinski definition) is 0. The van der Waals surface area contributed by atoms with Gasteiger partial charge in [-0.25, -0.2) is 0 Å². The summed E-state index contributed by atoms with van der Waals surface area (Å²) in [5.41, 5.74) is 5.35. The number of nitrogens with zero attached hydrogens (tertiary/aromatic N) is 2. The lowest BCUT2D eigenvalue weighted by Crippen LogP contribution is -3.00. The molecule has 2 aromatic heterocycles. The van der Waals surface area contributed by atoms with E-state index in [1.54, 1.807) is 0 Å². The van der Waals surface area contributed by atoms with Crippen molar-refractivity contribution in [2.75, 3.05) is 0 Å². The number of aryl methyl sites for hydroxylation is 4. The molecule has 0 saturated heterocycles. The van der Waals surface area contributed by atoms with E-state index in [1.165, 1.54) is 35.4 Å². The summed E-state index contributed by atoms with van der Waals surface area (Å²) in [6.07, 6.45) is 6.95. The molecule has 0 atom stereocenters. The van der Waals surface area contributed by atoms with Gasteiger partial charge in [-0.1, -0.05) is 0 Å². The molecule has 21 heavy (non-hydrogen) atoms. The van der Waals surface area contributed by atoms with E-state index in [2.05, 4.69) is 59.6 Å². The average molecular weight is 418 g/mol. The third kappa shape index (κ3) is 4.34. The zero-order valence-electron chi connectivity index (χ0n) is 12.4. The summed E-state index contributed by atoms with van der Waals surface area (Å²) < 4.78 is 4.77. The SMILES string of the molecule is Cc1cc[n+]2c(c1)-c1cc(C)cc[n+]1CCCC2.O.[Br-].[Br-]. The second-order valence-corrected chi connectivity index (χ2v) is 5.27. The Bertz CT molecular complexity index is 549. The molecule has 116 valence electrons. The zero-order valence-corrected chi connectivity index (χ0v) is 15.6. The third-order valence-corrected chi connectivity index (χ3v) is 3.69. The van der Waals surface area contributed by atoms with E-state index in [0.29, 0.717) is 0 Å². The van der Waals surface area contributed by atoms with Crippen LogP contribution in [0.3, 0.4) is 0 Å². The molecule has 0 spiro atoms. The Morgan fingerprint density at radius 3 is 1.52 bits per heavy atom. The normalized spacial score (nSPS) is 12.3. The Morgan fingerprint density at radius 2 is 1.14 bits per heavy atom. The van der Waals surface area contributed by atoms with Crippen molar-refractivity contribution in [1.82, 2.24) is 0 Å². The van der Waals surface area contributed by atoms with Crippen LogP contribution in [0.5, 0.6) is 0 Å². The highest BCUT2D eigenvalue weighted by Crippen LogP contribution is 2.16. The van der Waals surface area contributed by atoms with Gasteiger partial charge in [0.1, 0.15) is 13.1 Å². The van der Waals surface area contributed by atoms with Crippen molar-refractivity contribution in [2.45, 2.75) is 39.8 Å². The Hall–Kier alpha value is -0.780. The molecule has 0 saturated carbocycles. The second kappa shape index (κ2) is 8.61. The fourth-order valence-electron chi connectivity index (χ4n) is 2.67. The van der Waals surface area contributed by atoms with Gasteiger partial charge in [0.15, 0.2) is 12.4 Å². The quantitative estimate of drug-likeness (QED) is 0.388. The van der Waals surface area contributed by atoms with Gasteiger partial charge in [0.05, 0.1) is 0 Å². The van der Waals surface area contributed by atoms with Crippen molar-refractivity contribution < 1.29 is 48.6 Å². The van der Waals surface area contributed by atoms with E-state index >= 15 is 0 Å². The molecule has 3 rings (SSSR count). The molecule has 5 heteroatoms. The van der Waals surface area contributed by atoms with E-state index in [0.717, 1.165) is 13.1 Å². The van der Waals surface area contributed by atoms with Crippen LogP contribution >= 0.6 is 0 Å². The van der Waals surface area contributed by atoms with Gasteiger partial charge in [-0.3, -0.25) is 0 Å². The molecule has 0 amide bonds. The Balaban J connectivity index is 0.00000133. The minimum Gasteiger partial charge on any atom is -1.00 e. The predicted molar refractivity (Wildman–Crippen MR) is 74.6 cm³/mol. The standard InChI is InChI=1S/C16H20N2.2BrH.H2O/c1-13-5-9-17-7-3-4-8-18-10-6-14(2)12-16(18)15(17)11-13;;;/h5-6,9-12H,3-4,7-8H2,1-2H3;2*1H;1H2/q+2;;;/p-2. The third-order valence-electron chi connectivity index (χ3n) is 3.69. The van der Waals surface area contributed by atoms with Crippen LogP contribution in [-0.4, -0.2) is 5.48 Å². The fraction of sp³-hybridized carbons (Fsp3) is 0.375. The summed E-state index contributed by atoms with van der Waals surface area (Å²) in [5.74, 6) is 0. The lowest BCUT2D eigenvalue weighted by molar-refractivity contribution is -0.725. The lowest BCUT2D eigenvalue weighted by Gasteiger charge is -2.09. The largest absolute Gasteiger partial charge is 1.00 e. The van der Waals surface area contributed by atoms with Crippen LogP contribution < -0.4 is 43.1 Å². The van der Waals surface area contributed by atoms with Crippen molar-refractivity contribution in [2.24, 2.45) is 0 Å². The van der Waals surface area contributed by atoms with Crippen LogP contribution in [0.2, 0.25) is 0 Å². The molecule has 1 aliphatic heterocycles. The monoisotopic (exact) mass is 416 g/mol. The molecule has 0 aromatic carbocycles. The maximum atomic E-state index is 2.39. The van der Waals surface area contributed by atoms with E-state index in [-0.39, 0.29) is 39.4 Å². The fourth-order valence-corrected chi connectivity index (χ4v) is 2.67. The van der Waals surface area contributed by atoms with Gasteiger partial charge < -0.3 is 39.4 Å². The molecule has 0 unspecified atom stereocenters. The first-order valence-corrected chi connectivity index (χ1v) is 6.74. The molecule has 3 nitrogen and oxygen atoms in total. The van der Waals surface area contributed by atoms with Gasteiger partial charge in [0.25, 0.3) is 11.4 Å². The van der Waals surface area contributed by atoms with Gasteiger partial charge in [0.2, 0.25) is 0 Å². The summed E-state index contributed by atoms with van der Waals surface area (Å²) in [4.78, 5) is 0. The molecular formula is C16H22Br2N2O. The van der Waals surface area contributed by atoms with Gasteiger partial charge in [-0.15, -0.1) is 0 Å². The van der Waals surface area contributed by atoms with Crippen LogP contribution in [0.25, 0.3) is 11.4 Å². The van der Waals surface area contributed by atoms with Crippen molar-refractivity contribution in [3.63, 3.8) is 0 Å². The van der Waals surface area contributed by atoms with Crippen LogP contribution in [0.15, 0.2) is 36.7 Å². The van der Waals surface area contributed by atoms with E-state index in [1.807, 2.05) is 0 Å². The van der Waals surface area contributed by atoms with E-state index < -0.39 is 0 Å². The second-order valence-electron chi connectivity index (χ2n) is 5.27. The minimum absolute atomic E-state index is 0. The molecule has 2 N–H and O–H groups in total. The summed E-state index contributed by atoms with van der Waals surface area (Å²) in [5, 5.41) is 0. The number of rotatable bonds is 0. The van der Waals surface area contributed by atoms with Crippen LogP contribution in [0, 0.1) is 13.8 Å². The molecule has 3 heterocycles. The van der Waals surface area contributed by atoms with Crippen molar-refractivity contribution >= 4 is 0 Å². The highest BCUT2D eigenvalue weighted by atomic mass is 79.9. The Labute approximate surface area is 147 Å². The van der Waals surface area contributed by atoms with Crippen molar-refractivity contribution in [1.29, 1.82) is 0 Å². The Kier molecular flexibility index (Phi) is 8.29. The van der Waals surface area contributed by atoms with Crippen molar-refractivity contribution in [3.05, 3.63) is 47.8 Å². The van der Waals surface area contributed by atoms with Gasteiger partial charge in [-0.2, -0.15) is 9.13 Å². The maximum Gasteiger partial charge on any atom is 0.277 e. The summed E-state index contributed by atoms with van der Waals surface area (Å²) >= 11 is 0. The molecular weight excluding hydrogens is 396 g/mol. The van der Waals surface area contributed by atoms with E-state index in [4.69, 9.17) is 0 Å². The first-order chi connectivity index (χ1) is 8.74. The maximum absolute atomic E-state index is 2.39. The topological polar surface area (TPSA) is 39.3 Å². The van der Waals surface area contributed by atoms with Gasteiger partial charge >= 0.3 is 0 Å². The summed E-state index contributed by atoms with van der Waals surface area (Å²) in [7, 11) is 0. The highest BCUT2D eigenvalue weighted by Gasteiger charge is 2.25. The predicted octanol–water partition coefficient (Wildman–Crippen LogP) is -4.48. The van der Waals surface area contributed by atoms with Gasteiger partial charge in [-0.05, 0) is 25.0 Å². The smallest absolute Gasteiger partial charge is 0.277 e. The van der Waals surface area contributed by atoms with Crippen LogP contribution in [0.4, 0.5) is 0 Å². The lowest BCUT2D eigenvalue weighted by atomic mass is 10.1. The van der Waals surface area contributed by atoms with Crippen molar-refractivity contribution in [3.8, 4) is 11.4 Å². The molecule has 0 aliphatic carbocycles. The molecule has 0 bridgehead atoms. The Morgan fingerprint density at radius 1 is 0.762 bits per heavy atom. The molecule has 2 aromatic rings. The summed E-state index contributed by atoms with van der Waals surface area (Å²) in [6.45, 7) is 6.59. The zero-order chi connectivity index (χ0) is 12.5. The number of aromatic nitrogens is 2. The van der Waals surface area contributed by atoms with Gasteiger partial charge in [0, 0.05) is 37.1 Å². The number of hydrogen-bond donors (Lipinski definition) is 0. The number of halogens is 2. The first kappa shape index (κ1) is 20.2. The number of pyridine rings is 2.